The standard InChI is InChI=1S/C21H23N5O3/c1-14-12-23-19-17(14)20(25-13-24-19)26-8-7-15(18(22)28)11-21(26,29-10-9-27)16-5-3-2-4-6-16/h2-6,9,12-13,15H,7-8,10-11H2,1H3,(H2,22,28)(H,23,24,25). The Labute approximate surface area is 168 Å². The fourth-order valence-electron chi connectivity index (χ4n) is 4.20. The summed E-state index contributed by atoms with van der Waals surface area (Å²) in [6.07, 6.45) is 5.01. The Balaban J connectivity index is 1.93. The molecular weight excluding hydrogens is 370 g/mol. The Morgan fingerprint density at radius 1 is 1.38 bits per heavy atom. The van der Waals surface area contributed by atoms with Crippen LogP contribution in [0.3, 0.4) is 0 Å². The second-order valence-corrected chi connectivity index (χ2v) is 7.26. The van der Waals surface area contributed by atoms with Crippen molar-refractivity contribution >= 4 is 29.0 Å². The first kappa shape index (κ1) is 19.1. The molecule has 0 saturated carbocycles. The Morgan fingerprint density at radius 2 is 2.17 bits per heavy atom. The third kappa shape index (κ3) is 3.25. The number of primary amides is 1. The molecule has 3 aromatic rings. The zero-order valence-electron chi connectivity index (χ0n) is 16.2. The maximum Gasteiger partial charge on any atom is 0.220 e. The van der Waals surface area contributed by atoms with Crippen molar-refractivity contribution in [1.82, 2.24) is 15.0 Å². The number of aldehydes is 1. The van der Waals surface area contributed by atoms with Crippen LogP contribution in [0.15, 0.2) is 42.9 Å². The van der Waals surface area contributed by atoms with Crippen molar-refractivity contribution in [3.05, 3.63) is 54.0 Å². The molecule has 4 rings (SSSR count). The van der Waals surface area contributed by atoms with E-state index in [1.165, 1.54) is 6.33 Å². The SMILES string of the molecule is Cc1c[nH]c2ncnc(N3CCC(C(N)=O)CC3(OCC=O)c3ccccc3)c12. The van der Waals surface area contributed by atoms with Gasteiger partial charge in [-0.05, 0) is 18.9 Å². The number of aromatic amines is 1. The van der Waals surface area contributed by atoms with Crippen molar-refractivity contribution < 1.29 is 14.3 Å². The molecule has 2 atom stereocenters. The summed E-state index contributed by atoms with van der Waals surface area (Å²) in [5, 5.41) is 0.889. The summed E-state index contributed by atoms with van der Waals surface area (Å²) >= 11 is 0. The first-order chi connectivity index (χ1) is 14.1. The number of nitrogens with one attached hydrogen (secondary N) is 1. The molecule has 1 saturated heterocycles. The van der Waals surface area contributed by atoms with Crippen LogP contribution < -0.4 is 10.6 Å². The first-order valence-corrected chi connectivity index (χ1v) is 9.55. The third-order valence-electron chi connectivity index (χ3n) is 5.58. The zero-order chi connectivity index (χ0) is 20.4. The van der Waals surface area contributed by atoms with E-state index in [-0.39, 0.29) is 18.4 Å². The van der Waals surface area contributed by atoms with E-state index in [9.17, 15) is 9.59 Å². The van der Waals surface area contributed by atoms with Gasteiger partial charge < -0.3 is 25.1 Å². The van der Waals surface area contributed by atoms with E-state index in [0.717, 1.165) is 22.2 Å². The maximum atomic E-state index is 12.1. The van der Waals surface area contributed by atoms with Crippen LogP contribution in [-0.4, -0.2) is 40.3 Å². The molecule has 3 heterocycles. The van der Waals surface area contributed by atoms with E-state index in [1.807, 2.05) is 48.4 Å². The summed E-state index contributed by atoms with van der Waals surface area (Å²) in [7, 11) is 0. The molecule has 0 radical (unpaired) electrons. The van der Waals surface area contributed by atoms with E-state index < -0.39 is 5.72 Å². The first-order valence-electron chi connectivity index (χ1n) is 9.55. The minimum atomic E-state index is -1.05. The summed E-state index contributed by atoms with van der Waals surface area (Å²) < 4.78 is 6.20. The molecule has 8 heteroatoms. The summed E-state index contributed by atoms with van der Waals surface area (Å²) in [6, 6.07) is 9.59. The number of aromatic nitrogens is 3. The lowest BCUT2D eigenvalue weighted by Gasteiger charge is -2.49. The van der Waals surface area contributed by atoms with Crippen molar-refractivity contribution in [1.29, 1.82) is 0 Å². The largest absolute Gasteiger partial charge is 0.369 e. The molecule has 1 amide bonds. The lowest BCUT2D eigenvalue weighted by atomic mass is 9.83. The van der Waals surface area contributed by atoms with Crippen molar-refractivity contribution in [2.75, 3.05) is 18.1 Å². The third-order valence-corrected chi connectivity index (χ3v) is 5.58. The van der Waals surface area contributed by atoms with Crippen LogP contribution in [0.1, 0.15) is 24.0 Å². The van der Waals surface area contributed by atoms with Gasteiger partial charge in [0.15, 0.2) is 5.72 Å². The minimum absolute atomic E-state index is 0.114. The van der Waals surface area contributed by atoms with E-state index in [1.54, 1.807) is 0 Å². The van der Waals surface area contributed by atoms with Crippen LogP contribution in [0.2, 0.25) is 0 Å². The molecule has 150 valence electrons. The zero-order valence-corrected chi connectivity index (χ0v) is 16.2. The van der Waals surface area contributed by atoms with Crippen LogP contribution in [0.25, 0.3) is 11.0 Å². The van der Waals surface area contributed by atoms with Gasteiger partial charge in [-0.2, -0.15) is 0 Å². The van der Waals surface area contributed by atoms with Crippen molar-refractivity contribution in [3.63, 3.8) is 0 Å². The van der Waals surface area contributed by atoms with E-state index in [2.05, 4.69) is 15.0 Å². The number of H-pyrrole nitrogens is 1. The average Bonchev–Trinajstić information content (AvgIpc) is 3.14. The van der Waals surface area contributed by atoms with Gasteiger partial charge in [0.2, 0.25) is 5.91 Å². The van der Waals surface area contributed by atoms with Crippen LogP contribution in [-0.2, 0) is 20.1 Å². The molecule has 0 bridgehead atoms. The fourth-order valence-corrected chi connectivity index (χ4v) is 4.20. The van der Waals surface area contributed by atoms with E-state index in [0.29, 0.717) is 31.5 Å². The predicted molar refractivity (Wildman–Crippen MR) is 108 cm³/mol. The second-order valence-electron chi connectivity index (χ2n) is 7.26. The van der Waals surface area contributed by atoms with Gasteiger partial charge >= 0.3 is 0 Å². The molecule has 0 spiro atoms. The molecule has 2 aromatic heterocycles. The number of carbonyl (C=O) groups excluding carboxylic acids is 2. The summed E-state index contributed by atoms with van der Waals surface area (Å²) in [4.78, 5) is 37.4. The summed E-state index contributed by atoms with van der Waals surface area (Å²) in [5.74, 6) is -0.0421. The molecule has 1 fully saturated rings. The Morgan fingerprint density at radius 3 is 2.90 bits per heavy atom. The number of anilines is 1. The van der Waals surface area contributed by atoms with E-state index in [4.69, 9.17) is 10.5 Å². The maximum absolute atomic E-state index is 12.1. The number of carbonyl (C=O) groups is 2. The number of hydrogen-bond acceptors (Lipinski definition) is 6. The number of nitrogens with zero attached hydrogens (tertiary/aromatic N) is 3. The molecule has 1 aliphatic heterocycles. The van der Waals surface area contributed by atoms with Crippen LogP contribution in [0.4, 0.5) is 5.82 Å². The molecule has 1 aliphatic rings. The Bertz CT molecular complexity index is 1040. The summed E-state index contributed by atoms with van der Waals surface area (Å²) in [5.41, 5.74) is 7.18. The highest BCUT2D eigenvalue weighted by Gasteiger charge is 2.47. The number of hydrogen-bond donors (Lipinski definition) is 2. The van der Waals surface area contributed by atoms with Crippen LogP contribution in [0.5, 0.6) is 0 Å². The summed E-state index contributed by atoms with van der Waals surface area (Å²) in [6.45, 7) is 2.37. The number of ether oxygens (including phenoxy) is 1. The number of nitrogens with two attached hydrogens (primary N) is 1. The molecule has 29 heavy (non-hydrogen) atoms. The van der Waals surface area contributed by atoms with Gasteiger partial charge in [-0.15, -0.1) is 0 Å². The number of piperidine rings is 1. The van der Waals surface area contributed by atoms with Gasteiger partial charge in [-0.1, -0.05) is 30.3 Å². The van der Waals surface area contributed by atoms with Crippen LogP contribution >= 0.6 is 0 Å². The predicted octanol–water partition coefficient (Wildman–Crippen LogP) is 2.04. The molecule has 8 nitrogen and oxygen atoms in total. The van der Waals surface area contributed by atoms with Gasteiger partial charge in [0.1, 0.15) is 30.7 Å². The fraction of sp³-hybridized carbons (Fsp3) is 0.333. The lowest BCUT2D eigenvalue weighted by molar-refractivity contribution is -0.133. The number of rotatable bonds is 6. The topological polar surface area (TPSA) is 114 Å². The molecular formula is C21H23N5O3. The second kappa shape index (κ2) is 7.63. The molecule has 3 N–H and O–H groups in total. The lowest BCUT2D eigenvalue weighted by Crippen LogP contribution is -2.56. The van der Waals surface area contributed by atoms with Gasteiger partial charge in [0, 0.05) is 30.6 Å². The van der Waals surface area contributed by atoms with Gasteiger partial charge in [-0.3, -0.25) is 4.79 Å². The number of fused-ring (bicyclic) bond motifs is 1. The molecule has 2 unspecified atom stereocenters. The van der Waals surface area contributed by atoms with Crippen molar-refractivity contribution in [2.24, 2.45) is 11.7 Å². The number of benzene rings is 1. The quantitative estimate of drug-likeness (QED) is 0.620. The number of aryl methyl sites for hydroxylation is 1. The van der Waals surface area contributed by atoms with Crippen molar-refractivity contribution in [3.8, 4) is 0 Å². The Hall–Kier alpha value is -3.26. The van der Waals surface area contributed by atoms with Gasteiger partial charge in [0.25, 0.3) is 0 Å². The van der Waals surface area contributed by atoms with Gasteiger partial charge in [-0.25, -0.2) is 9.97 Å². The highest BCUT2D eigenvalue weighted by Crippen LogP contribution is 2.45. The number of amides is 1. The Kier molecular flexibility index (Phi) is 5.02. The normalized spacial score (nSPS) is 22.0. The average molecular weight is 393 g/mol. The molecule has 1 aromatic carbocycles. The highest BCUT2D eigenvalue weighted by molar-refractivity contribution is 5.91. The van der Waals surface area contributed by atoms with Crippen LogP contribution in [0, 0.1) is 12.8 Å². The monoisotopic (exact) mass is 393 g/mol. The van der Waals surface area contributed by atoms with E-state index >= 15 is 0 Å². The van der Waals surface area contributed by atoms with Crippen molar-refractivity contribution in [2.45, 2.75) is 25.5 Å². The molecule has 0 aliphatic carbocycles. The smallest absolute Gasteiger partial charge is 0.220 e. The minimum Gasteiger partial charge on any atom is -0.369 e. The van der Waals surface area contributed by atoms with Gasteiger partial charge in [0.05, 0.1) is 5.39 Å². The highest BCUT2D eigenvalue weighted by atomic mass is 16.5.